The molecule has 0 aliphatic heterocycles. The lowest BCUT2D eigenvalue weighted by Gasteiger charge is -2.10. The maximum absolute atomic E-state index is 10.8. The van der Waals surface area contributed by atoms with Gasteiger partial charge in [-0.05, 0) is 13.8 Å². The number of nitrogens with two attached hydrogens (primary N) is 1. The van der Waals surface area contributed by atoms with Crippen molar-refractivity contribution in [2.75, 3.05) is 0 Å². The van der Waals surface area contributed by atoms with Gasteiger partial charge in [0.05, 0.1) is 6.04 Å². The van der Waals surface area contributed by atoms with Crippen molar-refractivity contribution < 1.29 is 14.7 Å². The minimum Gasteiger partial charge on any atom is -0.480 e. The molecule has 5 heteroatoms. The van der Waals surface area contributed by atoms with E-state index in [1.54, 1.807) is 0 Å². The first-order valence-corrected chi connectivity index (χ1v) is 3.24. The van der Waals surface area contributed by atoms with Crippen molar-refractivity contribution in [2.45, 2.75) is 25.9 Å². The summed E-state index contributed by atoms with van der Waals surface area (Å²) in [4.78, 5) is 21.0. The third-order valence-corrected chi connectivity index (χ3v) is 1.14. The molecule has 0 saturated heterocycles. The van der Waals surface area contributed by atoms with Gasteiger partial charge in [0.1, 0.15) is 6.04 Å². The van der Waals surface area contributed by atoms with Crippen LogP contribution in [-0.4, -0.2) is 29.1 Å². The van der Waals surface area contributed by atoms with Crippen LogP contribution in [0.15, 0.2) is 0 Å². The largest absolute Gasteiger partial charge is 0.480 e. The molecule has 0 fully saturated rings. The molecule has 1 amide bonds. The average Bonchev–Trinajstić information content (AvgIpc) is 1.87. The molecule has 11 heavy (non-hydrogen) atoms. The highest BCUT2D eigenvalue weighted by atomic mass is 16.4. The van der Waals surface area contributed by atoms with Crippen molar-refractivity contribution in [1.82, 2.24) is 5.32 Å². The molecule has 0 aliphatic carbocycles. The number of hydrogen-bond acceptors (Lipinski definition) is 3. The topological polar surface area (TPSA) is 92.4 Å². The quantitative estimate of drug-likeness (QED) is 0.489. The van der Waals surface area contributed by atoms with E-state index >= 15 is 0 Å². The fourth-order valence-electron chi connectivity index (χ4n) is 0.407. The van der Waals surface area contributed by atoms with Gasteiger partial charge in [-0.1, -0.05) is 0 Å². The Kier molecular flexibility index (Phi) is 3.53. The van der Waals surface area contributed by atoms with Gasteiger partial charge in [-0.15, -0.1) is 0 Å². The Morgan fingerprint density at radius 1 is 1.45 bits per heavy atom. The molecule has 0 saturated carbocycles. The van der Waals surface area contributed by atoms with Crippen LogP contribution < -0.4 is 11.1 Å². The van der Waals surface area contributed by atoms with E-state index in [-0.39, 0.29) is 0 Å². The molecule has 4 N–H and O–H groups in total. The summed E-state index contributed by atoms with van der Waals surface area (Å²) < 4.78 is 0. The second kappa shape index (κ2) is 3.92. The first-order chi connectivity index (χ1) is 4.95. The van der Waals surface area contributed by atoms with Crippen LogP contribution in [0.3, 0.4) is 0 Å². The van der Waals surface area contributed by atoms with Gasteiger partial charge in [0.15, 0.2) is 0 Å². The van der Waals surface area contributed by atoms with Crippen molar-refractivity contribution in [3.05, 3.63) is 0 Å². The number of carbonyl (C=O) groups excluding carboxylic acids is 1. The minimum absolute atomic E-state index is 0.458. The van der Waals surface area contributed by atoms with Gasteiger partial charge >= 0.3 is 5.97 Å². The minimum atomic E-state index is -1.07. The first-order valence-electron chi connectivity index (χ1n) is 3.24. The second-order valence-electron chi connectivity index (χ2n) is 2.36. The highest BCUT2D eigenvalue weighted by Crippen LogP contribution is 1.83. The molecule has 0 heterocycles. The predicted molar refractivity (Wildman–Crippen MR) is 38.9 cm³/mol. The number of rotatable bonds is 3. The van der Waals surface area contributed by atoms with Gasteiger partial charge < -0.3 is 16.2 Å². The molecule has 0 aromatic rings. The van der Waals surface area contributed by atoms with E-state index in [9.17, 15) is 9.59 Å². The molecule has 1 unspecified atom stereocenters. The average molecular weight is 160 g/mol. The van der Waals surface area contributed by atoms with E-state index in [0.717, 1.165) is 0 Å². The Morgan fingerprint density at radius 3 is 2.18 bits per heavy atom. The number of nitrogens with one attached hydrogen (secondary N) is 1. The second-order valence-corrected chi connectivity index (χ2v) is 2.36. The summed E-state index contributed by atoms with van der Waals surface area (Å²) in [7, 11) is 0. The van der Waals surface area contributed by atoms with Crippen LogP contribution in [0.4, 0.5) is 0 Å². The summed E-state index contributed by atoms with van der Waals surface area (Å²) >= 11 is 0. The molecular weight excluding hydrogens is 148 g/mol. The molecule has 0 aromatic carbocycles. The standard InChI is InChI=1S/C6H12N2O3/c1-3(7)5(9)8-4(2)6(10)11/h3-4H,7H2,1-2H3,(H,8,9)(H,10,11)/t3?,4-/m1/s1. The van der Waals surface area contributed by atoms with Crippen LogP contribution in [-0.2, 0) is 9.59 Å². The Morgan fingerprint density at radius 2 is 1.91 bits per heavy atom. The predicted octanol–water partition coefficient (Wildman–Crippen LogP) is -1.08. The maximum atomic E-state index is 10.8. The van der Waals surface area contributed by atoms with Crippen molar-refractivity contribution in [3.8, 4) is 0 Å². The van der Waals surface area contributed by atoms with Gasteiger partial charge in [0, 0.05) is 0 Å². The number of carboxylic acids is 1. The number of carbonyl (C=O) groups is 2. The number of aliphatic carboxylic acids is 1. The van der Waals surface area contributed by atoms with Gasteiger partial charge in [-0.25, -0.2) is 0 Å². The van der Waals surface area contributed by atoms with Crippen LogP contribution in [0.5, 0.6) is 0 Å². The molecular formula is C6H12N2O3. The van der Waals surface area contributed by atoms with E-state index in [2.05, 4.69) is 5.32 Å². The van der Waals surface area contributed by atoms with E-state index in [0.29, 0.717) is 0 Å². The molecule has 0 spiro atoms. The van der Waals surface area contributed by atoms with Crippen LogP contribution in [0.2, 0.25) is 0 Å². The van der Waals surface area contributed by atoms with E-state index in [4.69, 9.17) is 10.8 Å². The molecule has 0 aliphatic rings. The normalized spacial score (nSPS) is 15.2. The van der Waals surface area contributed by atoms with Gasteiger partial charge in [-0.2, -0.15) is 0 Å². The zero-order chi connectivity index (χ0) is 9.02. The third kappa shape index (κ3) is 3.57. The molecule has 0 rings (SSSR count). The summed E-state index contributed by atoms with van der Waals surface area (Å²) in [5.41, 5.74) is 5.18. The number of carboxylic acid groups (broad SMARTS) is 1. The summed E-state index contributed by atoms with van der Waals surface area (Å²) in [5.74, 6) is -1.53. The molecule has 2 atom stereocenters. The third-order valence-electron chi connectivity index (χ3n) is 1.14. The summed E-state index contributed by atoms with van der Waals surface area (Å²) in [6, 6.07) is -1.55. The Balaban J connectivity index is 3.85. The monoisotopic (exact) mass is 160 g/mol. The summed E-state index contributed by atoms with van der Waals surface area (Å²) in [5, 5.41) is 10.6. The van der Waals surface area contributed by atoms with Gasteiger partial charge in [0.2, 0.25) is 5.91 Å². The fraction of sp³-hybridized carbons (Fsp3) is 0.667. The smallest absolute Gasteiger partial charge is 0.325 e. The van der Waals surface area contributed by atoms with Crippen LogP contribution >= 0.6 is 0 Å². The van der Waals surface area contributed by atoms with Crippen LogP contribution in [0.25, 0.3) is 0 Å². The van der Waals surface area contributed by atoms with E-state index in [1.807, 2.05) is 0 Å². The highest BCUT2D eigenvalue weighted by molar-refractivity contribution is 5.86. The van der Waals surface area contributed by atoms with Gasteiger partial charge in [-0.3, -0.25) is 9.59 Å². The molecule has 5 nitrogen and oxygen atoms in total. The van der Waals surface area contributed by atoms with Crippen molar-refractivity contribution in [3.63, 3.8) is 0 Å². The SMILES string of the molecule is CC(N)C(=O)N[C@H](C)C(=O)O. The van der Waals surface area contributed by atoms with Crippen molar-refractivity contribution >= 4 is 11.9 Å². The number of amides is 1. The first kappa shape index (κ1) is 9.90. The van der Waals surface area contributed by atoms with Crippen LogP contribution in [0.1, 0.15) is 13.8 Å². The zero-order valence-corrected chi connectivity index (χ0v) is 6.50. The zero-order valence-electron chi connectivity index (χ0n) is 6.50. The van der Waals surface area contributed by atoms with E-state index < -0.39 is 24.0 Å². The van der Waals surface area contributed by atoms with Crippen molar-refractivity contribution in [2.24, 2.45) is 5.73 Å². The lowest BCUT2D eigenvalue weighted by molar-refractivity contribution is -0.141. The molecule has 64 valence electrons. The highest BCUT2D eigenvalue weighted by Gasteiger charge is 2.15. The summed E-state index contributed by atoms with van der Waals surface area (Å²) in [6.45, 7) is 2.87. The number of hydrogen-bond donors (Lipinski definition) is 3. The maximum Gasteiger partial charge on any atom is 0.325 e. The molecule has 0 bridgehead atoms. The van der Waals surface area contributed by atoms with Gasteiger partial charge in [0.25, 0.3) is 0 Å². The fourth-order valence-corrected chi connectivity index (χ4v) is 0.407. The summed E-state index contributed by atoms with van der Waals surface area (Å²) in [6.07, 6.45) is 0. The Bertz CT molecular complexity index is 167. The Hall–Kier alpha value is -1.10. The van der Waals surface area contributed by atoms with E-state index in [1.165, 1.54) is 13.8 Å². The lowest BCUT2D eigenvalue weighted by atomic mass is 10.3. The molecule has 0 radical (unpaired) electrons. The Labute approximate surface area is 64.6 Å². The lowest BCUT2D eigenvalue weighted by Crippen LogP contribution is -2.45. The molecule has 0 aromatic heterocycles. The van der Waals surface area contributed by atoms with Crippen molar-refractivity contribution in [1.29, 1.82) is 0 Å². The van der Waals surface area contributed by atoms with Crippen LogP contribution in [0, 0.1) is 0 Å².